The highest BCUT2D eigenvalue weighted by atomic mass is 32.2. The van der Waals surface area contributed by atoms with E-state index < -0.39 is 33.4 Å². The number of nitrogens with zero attached hydrogens (tertiary/aromatic N) is 1. The molecule has 2 N–H and O–H groups in total. The zero-order valence-corrected chi connectivity index (χ0v) is 17.1. The zero-order valence-electron chi connectivity index (χ0n) is 16.3. The fourth-order valence-corrected chi connectivity index (χ4v) is 4.52. The monoisotopic (exact) mass is 413 g/mol. The van der Waals surface area contributed by atoms with Crippen molar-refractivity contribution in [2.75, 3.05) is 12.3 Å². The van der Waals surface area contributed by atoms with Gasteiger partial charge < -0.3 is 10.6 Å². The van der Waals surface area contributed by atoms with Gasteiger partial charge in [-0.25, -0.2) is 8.42 Å². The number of rotatable bonds is 8. The van der Waals surface area contributed by atoms with Crippen LogP contribution >= 0.6 is 0 Å². The third kappa shape index (κ3) is 7.05. The average molecular weight is 413 g/mol. The molecule has 2 amide bonds. The number of hydrogen-bond acceptors (Lipinski definition) is 5. The van der Waals surface area contributed by atoms with Crippen molar-refractivity contribution in [2.45, 2.75) is 25.6 Å². The predicted octanol–water partition coefficient (Wildman–Crippen LogP) is 1.66. The van der Waals surface area contributed by atoms with Crippen molar-refractivity contribution >= 4 is 21.7 Å². The number of carbonyl (C=O) groups is 2. The van der Waals surface area contributed by atoms with E-state index in [1.54, 1.807) is 48.5 Å². The van der Waals surface area contributed by atoms with Crippen LogP contribution in [0.15, 0.2) is 48.5 Å². The Hall–Kier alpha value is -3.18. The number of nitriles is 1. The largest absolute Gasteiger partial charge is 0.341 e. The summed E-state index contributed by atoms with van der Waals surface area (Å²) < 4.78 is 25.5. The van der Waals surface area contributed by atoms with Crippen molar-refractivity contribution in [3.8, 4) is 6.07 Å². The molecule has 0 saturated heterocycles. The maximum absolute atomic E-state index is 12.7. The summed E-state index contributed by atoms with van der Waals surface area (Å²) in [6.45, 7) is 3.47. The smallest absolute Gasteiger partial charge is 0.251 e. The van der Waals surface area contributed by atoms with Crippen LogP contribution in [0.4, 0.5) is 0 Å². The van der Waals surface area contributed by atoms with Crippen LogP contribution in [0.3, 0.4) is 0 Å². The molecule has 2 aromatic carbocycles. The Balaban J connectivity index is 2.20. The second-order valence-corrected chi connectivity index (χ2v) is 8.93. The van der Waals surface area contributed by atoms with Crippen LogP contribution in [0.5, 0.6) is 0 Å². The molecule has 1 atom stereocenters. The Morgan fingerprint density at radius 1 is 1.07 bits per heavy atom. The number of aryl methyl sites for hydroxylation is 2. The molecule has 0 radical (unpaired) electrons. The van der Waals surface area contributed by atoms with Gasteiger partial charge in [-0.1, -0.05) is 47.5 Å². The van der Waals surface area contributed by atoms with Gasteiger partial charge in [0.25, 0.3) is 5.91 Å². The molecule has 0 aliphatic heterocycles. The van der Waals surface area contributed by atoms with Gasteiger partial charge in [-0.05, 0) is 31.5 Å². The molecule has 0 bridgehead atoms. The highest BCUT2D eigenvalue weighted by Gasteiger charge is 2.27. The van der Waals surface area contributed by atoms with Crippen LogP contribution in [0.2, 0.25) is 0 Å². The predicted molar refractivity (Wildman–Crippen MR) is 110 cm³/mol. The highest BCUT2D eigenvalue weighted by molar-refractivity contribution is 7.90. The molecule has 0 aromatic heterocycles. The van der Waals surface area contributed by atoms with Crippen molar-refractivity contribution in [2.24, 2.45) is 0 Å². The van der Waals surface area contributed by atoms with Crippen LogP contribution in [0, 0.1) is 25.2 Å². The Morgan fingerprint density at radius 2 is 1.69 bits per heavy atom. The minimum Gasteiger partial charge on any atom is -0.341 e. The van der Waals surface area contributed by atoms with E-state index in [-0.39, 0.29) is 12.3 Å². The van der Waals surface area contributed by atoms with Gasteiger partial charge in [0.05, 0.1) is 17.6 Å². The molecule has 0 heterocycles. The second-order valence-electron chi connectivity index (χ2n) is 6.82. The van der Waals surface area contributed by atoms with Crippen LogP contribution in [0.1, 0.15) is 27.0 Å². The first-order chi connectivity index (χ1) is 13.7. The molecule has 0 fully saturated rings. The molecule has 152 valence electrons. The van der Waals surface area contributed by atoms with Gasteiger partial charge in [0.1, 0.15) is 12.6 Å². The van der Waals surface area contributed by atoms with E-state index >= 15 is 0 Å². The van der Waals surface area contributed by atoms with E-state index in [4.69, 9.17) is 5.26 Å². The average Bonchev–Trinajstić information content (AvgIpc) is 2.64. The number of nitrogens with one attached hydrogen (secondary N) is 2. The molecule has 29 heavy (non-hydrogen) atoms. The van der Waals surface area contributed by atoms with E-state index in [9.17, 15) is 18.0 Å². The first-order valence-corrected chi connectivity index (χ1v) is 10.8. The summed E-state index contributed by atoms with van der Waals surface area (Å²) in [6.07, 6.45) is 0. The van der Waals surface area contributed by atoms with Gasteiger partial charge in [0.2, 0.25) is 5.91 Å². The maximum atomic E-state index is 12.7. The molecular formula is C21H23N3O4S. The summed E-state index contributed by atoms with van der Waals surface area (Å²) in [6, 6.07) is 14.1. The molecule has 2 rings (SSSR count). The van der Waals surface area contributed by atoms with Gasteiger partial charge >= 0.3 is 0 Å². The second kappa shape index (κ2) is 9.85. The van der Waals surface area contributed by atoms with Gasteiger partial charge in [-0.2, -0.15) is 5.26 Å². The number of benzene rings is 2. The highest BCUT2D eigenvalue weighted by Crippen LogP contribution is 2.13. The molecule has 0 saturated carbocycles. The lowest BCUT2D eigenvalue weighted by atomic mass is 10.1. The summed E-state index contributed by atoms with van der Waals surface area (Å²) in [5.74, 6) is -2.11. The fourth-order valence-electron chi connectivity index (χ4n) is 2.98. The normalized spacial score (nSPS) is 11.9. The number of sulfone groups is 1. The Labute approximate surface area is 170 Å². The van der Waals surface area contributed by atoms with Crippen molar-refractivity contribution in [1.82, 2.24) is 10.6 Å². The molecule has 0 aliphatic rings. The van der Waals surface area contributed by atoms with E-state index in [2.05, 4.69) is 10.6 Å². The molecule has 0 aliphatic carbocycles. The Morgan fingerprint density at radius 3 is 2.28 bits per heavy atom. The minimum atomic E-state index is -3.72. The standard InChI is InChI=1S/C21H23N3O4S/c1-15-10-16(2)12-17(11-15)13-29(27,28)14-19(21(26)23-9-8-22)24-20(25)18-6-4-3-5-7-18/h3-7,10-12,19H,9,13-14H2,1-2H3,(H,23,26)(H,24,25). The van der Waals surface area contributed by atoms with Crippen molar-refractivity contribution in [1.29, 1.82) is 5.26 Å². The molecule has 7 nitrogen and oxygen atoms in total. The third-order valence-electron chi connectivity index (χ3n) is 4.09. The van der Waals surface area contributed by atoms with Crippen LogP contribution in [-0.4, -0.2) is 38.6 Å². The van der Waals surface area contributed by atoms with Crippen molar-refractivity contribution in [3.05, 3.63) is 70.8 Å². The Bertz CT molecular complexity index is 1010. The lowest BCUT2D eigenvalue weighted by Crippen LogP contribution is -2.50. The van der Waals surface area contributed by atoms with Gasteiger partial charge in [0, 0.05) is 5.56 Å². The van der Waals surface area contributed by atoms with Crippen molar-refractivity contribution < 1.29 is 18.0 Å². The number of carbonyl (C=O) groups excluding carboxylic acids is 2. The molecular weight excluding hydrogens is 390 g/mol. The fraction of sp³-hybridized carbons (Fsp3) is 0.286. The molecule has 1 unspecified atom stereocenters. The summed E-state index contributed by atoms with van der Waals surface area (Å²) >= 11 is 0. The number of hydrogen-bond donors (Lipinski definition) is 2. The summed E-state index contributed by atoms with van der Waals surface area (Å²) in [5.41, 5.74) is 2.80. The maximum Gasteiger partial charge on any atom is 0.251 e. The number of amides is 2. The van der Waals surface area contributed by atoms with E-state index in [1.165, 1.54) is 0 Å². The van der Waals surface area contributed by atoms with Crippen LogP contribution in [0.25, 0.3) is 0 Å². The molecule has 0 spiro atoms. The van der Waals surface area contributed by atoms with Crippen LogP contribution < -0.4 is 10.6 Å². The van der Waals surface area contributed by atoms with Gasteiger partial charge in [0.15, 0.2) is 9.84 Å². The molecule has 8 heteroatoms. The first-order valence-electron chi connectivity index (χ1n) is 8.98. The SMILES string of the molecule is Cc1cc(C)cc(CS(=O)(=O)CC(NC(=O)c2ccccc2)C(=O)NCC#N)c1. The third-order valence-corrected chi connectivity index (χ3v) is 5.70. The topological polar surface area (TPSA) is 116 Å². The van der Waals surface area contributed by atoms with Gasteiger partial charge in [-0.3, -0.25) is 9.59 Å². The van der Waals surface area contributed by atoms with Crippen LogP contribution in [-0.2, 0) is 20.4 Å². The van der Waals surface area contributed by atoms with E-state index in [0.29, 0.717) is 11.1 Å². The van der Waals surface area contributed by atoms with E-state index in [1.807, 2.05) is 19.9 Å². The van der Waals surface area contributed by atoms with Crippen molar-refractivity contribution in [3.63, 3.8) is 0 Å². The summed E-state index contributed by atoms with van der Waals surface area (Å²) in [7, 11) is -3.72. The zero-order chi connectivity index (χ0) is 21.4. The lowest BCUT2D eigenvalue weighted by molar-refractivity contribution is -0.122. The summed E-state index contributed by atoms with van der Waals surface area (Å²) in [4.78, 5) is 24.8. The lowest BCUT2D eigenvalue weighted by Gasteiger charge is -2.18. The summed E-state index contributed by atoms with van der Waals surface area (Å²) in [5, 5.41) is 13.4. The first kappa shape index (κ1) is 22.1. The van der Waals surface area contributed by atoms with Gasteiger partial charge in [-0.15, -0.1) is 0 Å². The van der Waals surface area contributed by atoms with E-state index in [0.717, 1.165) is 11.1 Å². The molecule has 2 aromatic rings. The Kier molecular flexibility index (Phi) is 7.51. The minimum absolute atomic E-state index is 0.251. The quantitative estimate of drug-likeness (QED) is 0.639.